The van der Waals surface area contributed by atoms with Crippen LogP contribution < -0.4 is 5.73 Å². The number of likely N-dealkylation sites (tertiary alicyclic amines) is 1. The highest BCUT2D eigenvalue weighted by atomic mass is 16.5. The molecular weight excluding hydrogens is 204 g/mol. The van der Waals surface area contributed by atoms with Gasteiger partial charge in [-0.15, -0.1) is 0 Å². The fraction of sp³-hybridized carbons (Fsp3) is 0.818. The molecule has 0 radical (unpaired) electrons. The van der Waals surface area contributed by atoms with Crippen molar-refractivity contribution < 1.29 is 4.52 Å². The molecule has 0 spiro atoms. The van der Waals surface area contributed by atoms with Crippen molar-refractivity contribution in [3.05, 3.63) is 11.7 Å². The van der Waals surface area contributed by atoms with Crippen molar-refractivity contribution in [1.82, 2.24) is 15.0 Å². The zero-order chi connectivity index (χ0) is 11.5. The summed E-state index contributed by atoms with van der Waals surface area (Å²) in [7, 11) is 0. The van der Waals surface area contributed by atoms with Gasteiger partial charge in [0, 0.05) is 12.5 Å². The fourth-order valence-electron chi connectivity index (χ4n) is 2.15. The van der Waals surface area contributed by atoms with Crippen LogP contribution in [-0.2, 0) is 0 Å². The third-order valence-electron chi connectivity index (χ3n) is 3.16. The van der Waals surface area contributed by atoms with Crippen LogP contribution in [0.3, 0.4) is 0 Å². The van der Waals surface area contributed by atoms with Crippen molar-refractivity contribution in [2.75, 3.05) is 19.6 Å². The van der Waals surface area contributed by atoms with Crippen LogP contribution >= 0.6 is 0 Å². The maximum atomic E-state index is 5.70. The van der Waals surface area contributed by atoms with E-state index in [1.165, 1.54) is 13.0 Å². The van der Waals surface area contributed by atoms with E-state index in [9.17, 15) is 0 Å². The molecule has 1 fully saturated rings. The van der Waals surface area contributed by atoms with E-state index in [-0.39, 0.29) is 6.04 Å². The smallest absolute Gasteiger partial charge is 0.243 e. The first-order chi connectivity index (χ1) is 7.70. The first-order valence-corrected chi connectivity index (χ1v) is 6.02. The highest BCUT2D eigenvalue weighted by Crippen LogP contribution is 2.25. The number of hydrogen-bond donors (Lipinski definition) is 1. The van der Waals surface area contributed by atoms with Crippen LogP contribution in [0.4, 0.5) is 0 Å². The number of hydrogen-bond acceptors (Lipinski definition) is 5. The van der Waals surface area contributed by atoms with Gasteiger partial charge in [-0.05, 0) is 32.9 Å². The highest BCUT2D eigenvalue weighted by Gasteiger charge is 2.24. The van der Waals surface area contributed by atoms with E-state index >= 15 is 0 Å². The van der Waals surface area contributed by atoms with Gasteiger partial charge in [-0.25, -0.2) is 0 Å². The lowest BCUT2D eigenvalue weighted by Gasteiger charge is -2.29. The molecule has 1 saturated heterocycles. The van der Waals surface area contributed by atoms with E-state index < -0.39 is 0 Å². The second-order valence-corrected chi connectivity index (χ2v) is 4.51. The van der Waals surface area contributed by atoms with Crippen LogP contribution in [0.5, 0.6) is 0 Å². The molecule has 2 heterocycles. The molecule has 1 aliphatic heterocycles. The molecule has 0 saturated carbocycles. The largest absolute Gasteiger partial charge is 0.338 e. The predicted octanol–water partition coefficient (Wildman–Crippen LogP) is 1.29. The summed E-state index contributed by atoms with van der Waals surface area (Å²) in [6.45, 7) is 7.36. The average Bonchev–Trinajstić information content (AvgIpc) is 2.78. The van der Waals surface area contributed by atoms with Gasteiger partial charge in [-0.2, -0.15) is 4.98 Å². The Morgan fingerprint density at radius 1 is 1.62 bits per heavy atom. The molecular formula is C11H20N4O. The van der Waals surface area contributed by atoms with Gasteiger partial charge < -0.3 is 15.2 Å². The first-order valence-electron chi connectivity index (χ1n) is 6.02. The molecule has 0 bridgehead atoms. The summed E-state index contributed by atoms with van der Waals surface area (Å²) < 4.78 is 5.14. The standard InChI is InChI=1S/C11H20N4O/c1-3-15-6-4-5-9(7-15)10-13-11(8(2)12)16-14-10/h8-9H,3-7,12H2,1-2H3. The molecule has 2 unspecified atom stereocenters. The summed E-state index contributed by atoms with van der Waals surface area (Å²) in [5.41, 5.74) is 5.70. The molecule has 0 aromatic carbocycles. The van der Waals surface area contributed by atoms with Gasteiger partial charge >= 0.3 is 0 Å². The maximum Gasteiger partial charge on any atom is 0.243 e. The summed E-state index contributed by atoms with van der Waals surface area (Å²) in [5, 5.41) is 4.04. The summed E-state index contributed by atoms with van der Waals surface area (Å²) >= 11 is 0. The minimum absolute atomic E-state index is 0.174. The monoisotopic (exact) mass is 224 g/mol. The Labute approximate surface area is 96.0 Å². The molecule has 5 heteroatoms. The van der Waals surface area contributed by atoms with Gasteiger partial charge in [0.2, 0.25) is 5.89 Å². The minimum Gasteiger partial charge on any atom is -0.338 e. The quantitative estimate of drug-likeness (QED) is 0.837. The van der Waals surface area contributed by atoms with E-state index in [0.29, 0.717) is 11.8 Å². The van der Waals surface area contributed by atoms with Crippen LogP contribution in [0.25, 0.3) is 0 Å². The molecule has 16 heavy (non-hydrogen) atoms. The molecule has 1 aromatic heterocycles. The summed E-state index contributed by atoms with van der Waals surface area (Å²) in [5.74, 6) is 1.78. The molecule has 2 atom stereocenters. The molecule has 0 aliphatic carbocycles. The molecule has 5 nitrogen and oxygen atoms in total. The van der Waals surface area contributed by atoms with E-state index in [4.69, 9.17) is 10.3 Å². The van der Waals surface area contributed by atoms with Crippen LogP contribution in [0.15, 0.2) is 4.52 Å². The second kappa shape index (κ2) is 4.93. The van der Waals surface area contributed by atoms with Crippen LogP contribution in [-0.4, -0.2) is 34.7 Å². The van der Waals surface area contributed by atoms with Gasteiger partial charge in [-0.3, -0.25) is 0 Å². The molecule has 1 aliphatic rings. The molecule has 0 amide bonds. The Hall–Kier alpha value is -0.940. The number of rotatable bonds is 3. The van der Waals surface area contributed by atoms with Crippen molar-refractivity contribution >= 4 is 0 Å². The first kappa shape index (κ1) is 11.5. The number of likely N-dealkylation sites (N-methyl/N-ethyl adjacent to an activating group) is 1. The average molecular weight is 224 g/mol. The Balaban J connectivity index is 2.05. The minimum atomic E-state index is -0.174. The molecule has 90 valence electrons. The van der Waals surface area contributed by atoms with E-state index in [0.717, 1.165) is 25.3 Å². The van der Waals surface area contributed by atoms with Crippen LogP contribution in [0.2, 0.25) is 0 Å². The fourth-order valence-corrected chi connectivity index (χ4v) is 2.15. The SMILES string of the molecule is CCN1CCCC(c2noc(C(C)N)n2)C1. The highest BCUT2D eigenvalue weighted by molar-refractivity contribution is 5.00. The number of nitrogens with two attached hydrogens (primary N) is 1. The lowest BCUT2D eigenvalue weighted by atomic mass is 9.97. The van der Waals surface area contributed by atoms with Crippen LogP contribution in [0, 0.1) is 0 Å². The van der Waals surface area contributed by atoms with Gasteiger partial charge in [0.15, 0.2) is 5.82 Å². The Morgan fingerprint density at radius 2 is 2.44 bits per heavy atom. The van der Waals surface area contributed by atoms with Gasteiger partial charge in [0.1, 0.15) is 0 Å². The lowest BCUT2D eigenvalue weighted by Crippen LogP contribution is -2.34. The normalized spacial score (nSPS) is 24.6. The van der Waals surface area contributed by atoms with E-state index in [1.807, 2.05) is 6.92 Å². The summed E-state index contributed by atoms with van der Waals surface area (Å²) in [6, 6.07) is -0.174. The number of aromatic nitrogens is 2. The van der Waals surface area contributed by atoms with E-state index in [2.05, 4.69) is 22.0 Å². The zero-order valence-electron chi connectivity index (χ0n) is 10.0. The van der Waals surface area contributed by atoms with Crippen molar-refractivity contribution in [2.24, 2.45) is 5.73 Å². The topological polar surface area (TPSA) is 68.2 Å². The number of piperidine rings is 1. The Bertz CT molecular complexity index is 336. The van der Waals surface area contributed by atoms with Crippen molar-refractivity contribution in [1.29, 1.82) is 0 Å². The predicted molar refractivity (Wildman–Crippen MR) is 61.0 cm³/mol. The third-order valence-corrected chi connectivity index (χ3v) is 3.16. The lowest BCUT2D eigenvalue weighted by molar-refractivity contribution is 0.211. The summed E-state index contributed by atoms with van der Waals surface area (Å²) in [6.07, 6.45) is 2.36. The van der Waals surface area contributed by atoms with Gasteiger partial charge in [-0.1, -0.05) is 12.1 Å². The molecule has 2 rings (SSSR count). The maximum absolute atomic E-state index is 5.70. The molecule has 1 aromatic rings. The summed E-state index contributed by atoms with van der Waals surface area (Å²) in [4.78, 5) is 6.80. The van der Waals surface area contributed by atoms with Crippen molar-refractivity contribution in [3.8, 4) is 0 Å². The van der Waals surface area contributed by atoms with Gasteiger partial charge in [0.05, 0.1) is 6.04 Å². The van der Waals surface area contributed by atoms with E-state index in [1.54, 1.807) is 0 Å². The third kappa shape index (κ3) is 2.41. The van der Waals surface area contributed by atoms with Crippen LogP contribution in [0.1, 0.15) is 50.4 Å². The van der Waals surface area contributed by atoms with Crippen molar-refractivity contribution in [3.63, 3.8) is 0 Å². The number of nitrogens with zero attached hydrogens (tertiary/aromatic N) is 3. The Morgan fingerprint density at radius 3 is 3.06 bits per heavy atom. The zero-order valence-corrected chi connectivity index (χ0v) is 10.0. The van der Waals surface area contributed by atoms with Gasteiger partial charge in [0.25, 0.3) is 0 Å². The Kier molecular flexibility index (Phi) is 3.56. The van der Waals surface area contributed by atoms with Crippen molar-refractivity contribution in [2.45, 2.75) is 38.6 Å². The molecule has 2 N–H and O–H groups in total. The second-order valence-electron chi connectivity index (χ2n) is 4.51.